The molecule has 8 heteroatoms. The maximum Gasteiger partial charge on any atom is 0.456 e. The van der Waals surface area contributed by atoms with Crippen molar-refractivity contribution in [1.29, 1.82) is 0 Å². The molecule has 0 spiro atoms. The highest BCUT2D eigenvalue weighted by Crippen LogP contribution is 2.29. The van der Waals surface area contributed by atoms with E-state index in [2.05, 4.69) is 0 Å². The summed E-state index contributed by atoms with van der Waals surface area (Å²) in [5.41, 5.74) is 5.15. The molecular formula is C14H27BN2O5. The molecule has 1 rings (SSSR count). The summed E-state index contributed by atoms with van der Waals surface area (Å²) in [6.07, 6.45) is 3.07. The Morgan fingerprint density at radius 1 is 1.59 bits per heavy atom. The third kappa shape index (κ3) is 5.05. The van der Waals surface area contributed by atoms with E-state index in [-0.39, 0.29) is 38.5 Å². The fourth-order valence-corrected chi connectivity index (χ4v) is 2.88. The van der Waals surface area contributed by atoms with Gasteiger partial charge in [-0.2, -0.15) is 0 Å². The molecule has 22 heavy (non-hydrogen) atoms. The maximum atomic E-state index is 11.9. The second kappa shape index (κ2) is 9.24. The number of carbonyl (C=O) groups is 2. The van der Waals surface area contributed by atoms with E-state index in [9.17, 15) is 9.59 Å². The zero-order valence-corrected chi connectivity index (χ0v) is 13.5. The van der Waals surface area contributed by atoms with Crippen LogP contribution in [0.1, 0.15) is 26.2 Å². The van der Waals surface area contributed by atoms with Gasteiger partial charge in [-0.3, -0.25) is 4.79 Å². The molecular weight excluding hydrogens is 287 g/mol. The molecule has 2 atom stereocenters. The first-order chi connectivity index (χ1) is 10.5. The van der Waals surface area contributed by atoms with E-state index in [1.165, 1.54) is 0 Å². The number of nitrogens with zero attached hydrogens (tertiary/aromatic N) is 1. The Labute approximate surface area is 132 Å². The third-order valence-corrected chi connectivity index (χ3v) is 4.17. The number of nitrogens with two attached hydrogens (primary N) is 1. The lowest BCUT2D eigenvalue weighted by Crippen LogP contribution is -2.49. The molecule has 0 radical (unpaired) electrons. The molecule has 1 amide bonds. The Kier molecular flexibility index (Phi) is 8.02. The number of aliphatic hydroxyl groups excluding tert-OH is 1. The van der Waals surface area contributed by atoms with E-state index in [0.717, 1.165) is 25.4 Å². The lowest BCUT2D eigenvalue weighted by Gasteiger charge is -2.23. The maximum absolute atomic E-state index is 11.9. The molecule has 0 aromatic heterocycles. The second-order valence-electron chi connectivity index (χ2n) is 5.73. The van der Waals surface area contributed by atoms with Crippen LogP contribution in [0.2, 0.25) is 6.32 Å². The van der Waals surface area contributed by atoms with Crippen LogP contribution in [-0.2, 0) is 18.9 Å². The Balaban J connectivity index is 2.53. The largest absolute Gasteiger partial charge is 0.456 e. The first-order valence-corrected chi connectivity index (χ1v) is 7.79. The lowest BCUT2D eigenvalue weighted by molar-refractivity contribution is -0.131. The van der Waals surface area contributed by atoms with Crippen molar-refractivity contribution in [3.8, 4) is 0 Å². The van der Waals surface area contributed by atoms with Crippen LogP contribution in [0.5, 0.6) is 0 Å². The highest BCUT2D eigenvalue weighted by atomic mass is 16.6. The first-order valence-electron chi connectivity index (χ1n) is 7.79. The minimum atomic E-state index is -1.00. The molecule has 3 N–H and O–H groups in total. The van der Waals surface area contributed by atoms with Crippen LogP contribution in [0.25, 0.3) is 0 Å². The summed E-state index contributed by atoms with van der Waals surface area (Å²) in [5.74, 6) is -0.238. The number of hydrogen-bond acceptors (Lipinski definition) is 6. The average Bonchev–Trinajstić information content (AvgIpc) is 2.84. The summed E-state index contributed by atoms with van der Waals surface area (Å²) in [5, 5.41) is 8.85. The van der Waals surface area contributed by atoms with Crippen molar-refractivity contribution in [2.75, 3.05) is 33.4 Å². The summed E-state index contributed by atoms with van der Waals surface area (Å²) in [4.78, 5) is 24.8. The van der Waals surface area contributed by atoms with Gasteiger partial charge < -0.3 is 29.8 Å². The van der Waals surface area contributed by atoms with Crippen LogP contribution in [0, 0.1) is 5.92 Å². The van der Waals surface area contributed by atoms with E-state index in [1.54, 1.807) is 12.0 Å². The molecule has 7 nitrogen and oxygen atoms in total. The van der Waals surface area contributed by atoms with Crippen molar-refractivity contribution in [3.63, 3.8) is 0 Å². The lowest BCUT2D eigenvalue weighted by atomic mass is 9.78. The predicted molar refractivity (Wildman–Crippen MR) is 83.2 cm³/mol. The highest BCUT2D eigenvalue weighted by molar-refractivity contribution is 6.44. The monoisotopic (exact) mass is 314 g/mol. The van der Waals surface area contributed by atoms with Gasteiger partial charge in [0.05, 0.1) is 12.1 Å². The van der Waals surface area contributed by atoms with Crippen LogP contribution in [-0.4, -0.2) is 68.3 Å². The number of aldehydes is 1. The van der Waals surface area contributed by atoms with Crippen LogP contribution < -0.4 is 5.73 Å². The van der Waals surface area contributed by atoms with Crippen molar-refractivity contribution >= 4 is 19.3 Å². The van der Waals surface area contributed by atoms with Gasteiger partial charge in [0.1, 0.15) is 6.29 Å². The van der Waals surface area contributed by atoms with Gasteiger partial charge in [0.15, 0.2) is 0 Å². The van der Waals surface area contributed by atoms with Crippen LogP contribution in [0.3, 0.4) is 0 Å². The molecule has 0 bridgehead atoms. The van der Waals surface area contributed by atoms with Gasteiger partial charge in [0.25, 0.3) is 0 Å². The number of amides is 1. The van der Waals surface area contributed by atoms with E-state index >= 15 is 0 Å². The normalized spacial score (nSPS) is 24.5. The Bertz CT molecular complexity index is 371. The number of hydrogen-bond donors (Lipinski definition) is 2. The molecule has 0 saturated carbocycles. The number of likely N-dealkylation sites (tertiary alicyclic amines) is 1. The third-order valence-electron chi connectivity index (χ3n) is 4.17. The SMILES string of the molecule is CCOB(CCC[C@H]1CN(C(=O)CCO)C[C@@]1(N)C=O)OC. The van der Waals surface area contributed by atoms with Gasteiger partial charge >= 0.3 is 7.12 Å². The van der Waals surface area contributed by atoms with Gasteiger partial charge in [-0.1, -0.05) is 6.42 Å². The Morgan fingerprint density at radius 2 is 2.32 bits per heavy atom. The Morgan fingerprint density at radius 3 is 2.86 bits per heavy atom. The van der Waals surface area contributed by atoms with Crippen molar-refractivity contribution in [1.82, 2.24) is 4.90 Å². The van der Waals surface area contributed by atoms with Crippen LogP contribution >= 0.6 is 0 Å². The number of carbonyl (C=O) groups excluding carboxylic acids is 2. The fourth-order valence-electron chi connectivity index (χ4n) is 2.88. The minimum absolute atomic E-state index is 0.0672. The molecule has 126 valence electrons. The number of rotatable bonds is 10. The van der Waals surface area contributed by atoms with E-state index < -0.39 is 5.54 Å². The minimum Gasteiger partial charge on any atom is -0.414 e. The molecule has 0 aromatic carbocycles. The summed E-state index contributed by atoms with van der Waals surface area (Å²) in [6, 6.07) is 0. The van der Waals surface area contributed by atoms with E-state index in [1.807, 2.05) is 6.92 Å². The Hall–Kier alpha value is -0.955. The van der Waals surface area contributed by atoms with Gasteiger partial charge in [-0.25, -0.2) is 0 Å². The summed E-state index contributed by atoms with van der Waals surface area (Å²) >= 11 is 0. The van der Waals surface area contributed by atoms with Gasteiger partial charge in [0, 0.05) is 39.1 Å². The quantitative estimate of drug-likeness (QED) is 0.423. The molecule has 1 aliphatic rings. The van der Waals surface area contributed by atoms with Gasteiger partial charge in [-0.15, -0.1) is 0 Å². The van der Waals surface area contributed by atoms with Gasteiger partial charge in [-0.05, 0) is 19.7 Å². The molecule has 1 saturated heterocycles. The van der Waals surface area contributed by atoms with Crippen LogP contribution in [0.15, 0.2) is 0 Å². The molecule has 1 aliphatic heterocycles. The fraction of sp³-hybridized carbons (Fsp3) is 0.857. The summed E-state index contributed by atoms with van der Waals surface area (Å²) in [6.45, 7) is 2.98. The van der Waals surface area contributed by atoms with E-state index in [4.69, 9.17) is 20.1 Å². The van der Waals surface area contributed by atoms with E-state index in [0.29, 0.717) is 13.2 Å². The molecule has 0 unspecified atom stereocenters. The van der Waals surface area contributed by atoms with Crippen molar-refractivity contribution in [2.24, 2.45) is 11.7 Å². The highest BCUT2D eigenvalue weighted by Gasteiger charge is 2.44. The summed E-state index contributed by atoms with van der Waals surface area (Å²) < 4.78 is 10.6. The molecule has 0 aromatic rings. The second-order valence-corrected chi connectivity index (χ2v) is 5.73. The van der Waals surface area contributed by atoms with Crippen molar-refractivity contribution in [3.05, 3.63) is 0 Å². The van der Waals surface area contributed by atoms with Crippen LogP contribution in [0.4, 0.5) is 0 Å². The zero-order chi connectivity index (χ0) is 16.6. The zero-order valence-electron chi connectivity index (χ0n) is 13.5. The smallest absolute Gasteiger partial charge is 0.414 e. The average molecular weight is 314 g/mol. The molecule has 1 fully saturated rings. The number of aliphatic hydroxyl groups is 1. The standard InChI is InChI=1S/C14H27BN2O5/c1-3-22-15(21-2)7-4-5-12-9-17(13(20)6-8-18)10-14(12,16)11-19/h11-12,18H,3-10,16H2,1-2H3/t12-,14+/m0/s1. The first kappa shape index (κ1) is 19.1. The predicted octanol–water partition coefficient (Wildman–Crippen LogP) is -0.325. The van der Waals surface area contributed by atoms with Gasteiger partial charge in [0.2, 0.25) is 5.91 Å². The molecule has 1 heterocycles. The van der Waals surface area contributed by atoms with Crippen molar-refractivity contribution < 1.29 is 24.0 Å². The van der Waals surface area contributed by atoms with Crippen molar-refractivity contribution in [2.45, 2.75) is 38.0 Å². The topological polar surface area (TPSA) is 102 Å². The molecule has 0 aliphatic carbocycles. The summed E-state index contributed by atoms with van der Waals surface area (Å²) in [7, 11) is 1.35.